The molecule has 9 heteroatoms. The van der Waals surface area contributed by atoms with Crippen LogP contribution in [0.2, 0.25) is 5.02 Å². The van der Waals surface area contributed by atoms with Crippen molar-refractivity contribution in [1.82, 2.24) is 0 Å². The van der Waals surface area contributed by atoms with Crippen LogP contribution in [-0.4, -0.2) is 22.5 Å². The third-order valence-electron chi connectivity index (χ3n) is 6.92. The van der Waals surface area contributed by atoms with Gasteiger partial charge in [-0.05, 0) is 50.7 Å². The molecular formula is C22H30ClO7P. The molecule has 2 N–H and O–H groups in total. The number of allylic oxidation sites excluding steroid dienone is 1. The van der Waals surface area contributed by atoms with Gasteiger partial charge in [0.05, 0.1) is 5.02 Å². The fraction of sp³-hybridized carbons (Fsp3) is 0.636. The average molecular weight is 473 g/mol. The molecule has 1 aromatic carbocycles. The molecule has 1 fully saturated rings. The van der Waals surface area contributed by atoms with E-state index in [-0.39, 0.29) is 16.7 Å². The molecule has 7 nitrogen and oxygen atoms in total. The van der Waals surface area contributed by atoms with Gasteiger partial charge in [0.1, 0.15) is 0 Å². The Bertz CT molecular complexity index is 909. The largest absolute Gasteiger partial charge is 0.524 e. The van der Waals surface area contributed by atoms with Crippen molar-refractivity contribution < 1.29 is 33.4 Å². The number of phosphoric acid groups is 1. The predicted molar refractivity (Wildman–Crippen MR) is 115 cm³/mol. The lowest BCUT2D eigenvalue weighted by Gasteiger charge is -2.60. The van der Waals surface area contributed by atoms with Crippen molar-refractivity contribution in [1.29, 1.82) is 0 Å². The molecule has 0 radical (unpaired) electrons. The van der Waals surface area contributed by atoms with E-state index in [1.807, 2.05) is 0 Å². The van der Waals surface area contributed by atoms with Crippen LogP contribution < -0.4 is 4.52 Å². The molecular weight excluding hydrogens is 443 g/mol. The van der Waals surface area contributed by atoms with Crippen LogP contribution in [0.15, 0.2) is 29.3 Å². The molecule has 0 saturated carbocycles. The standard InChI is InChI=1S/C22H30ClO7P/c1-3-4-9-17-12-15-7-5-6-8-16(15)14-21(17)22(27-2,30-29-21)18-10-11-19(23)20(13-18)28-31(24,25)26/h10-11,13,17H,3-9,12,14H2,1-2H3,(H2,24,25,26). The summed E-state index contributed by atoms with van der Waals surface area (Å²) < 4.78 is 22.2. The van der Waals surface area contributed by atoms with Gasteiger partial charge in [-0.2, -0.15) is 4.89 Å². The third kappa shape index (κ3) is 4.10. The summed E-state index contributed by atoms with van der Waals surface area (Å²) in [6.07, 6.45) is 9.46. The number of phosphoric ester groups is 1. The Balaban J connectivity index is 1.76. The van der Waals surface area contributed by atoms with Gasteiger partial charge in [-0.15, -0.1) is 0 Å². The summed E-state index contributed by atoms with van der Waals surface area (Å²) in [6.45, 7) is 2.17. The van der Waals surface area contributed by atoms with E-state index in [0.717, 1.165) is 44.9 Å². The van der Waals surface area contributed by atoms with E-state index >= 15 is 0 Å². The van der Waals surface area contributed by atoms with Crippen LogP contribution in [-0.2, 0) is 24.9 Å². The highest BCUT2D eigenvalue weighted by molar-refractivity contribution is 7.46. The Kier molecular flexibility index (Phi) is 6.59. The second kappa shape index (κ2) is 8.79. The number of ether oxygens (including phenoxy) is 1. The Hall–Kier alpha value is -0.920. The number of hydrogen-bond acceptors (Lipinski definition) is 5. The van der Waals surface area contributed by atoms with Crippen molar-refractivity contribution in [3.05, 3.63) is 39.9 Å². The normalized spacial score (nSPS) is 30.8. The van der Waals surface area contributed by atoms with Crippen LogP contribution in [0.1, 0.15) is 70.3 Å². The number of hydrogen-bond donors (Lipinski definition) is 2. The van der Waals surface area contributed by atoms with Gasteiger partial charge >= 0.3 is 7.82 Å². The molecule has 1 saturated heterocycles. The van der Waals surface area contributed by atoms with Crippen LogP contribution >= 0.6 is 19.4 Å². The number of rotatable bonds is 7. The van der Waals surface area contributed by atoms with Crippen molar-refractivity contribution in [3.8, 4) is 5.75 Å². The van der Waals surface area contributed by atoms with Crippen LogP contribution in [0.5, 0.6) is 5.75 Å². The first kappa shape index (κ1) is 23.2. The van der Waals surface area contributed by atoms with E-state index in [2.05, 4.69) is 6.92 Å². The van der Waals surface area contributed by atoms with Gasteiger partial charge in [-0.25, -0.2) is 9.45 Å². The predicted octanol–water partition coefficient (Wildman–Crippen LogP) is 5.78. The molecule has 31 heavy (non-hydrogen) atoms. The van der Waals surface area contributed by atoms with Crippen LogP contribution in [0.25, 0.3) is 0 Å². The zero-order chi connectivity index (χ0) is 22.3. The lowest BCUT2D eigenvalue weighted by molar-refractivity contribution is -0.629. The summed E-state index contributed by atoms with van der Waals surface area (Å²) in [4.78, 5) is 30.2. The fourth-order valence-corrected chi connectivity index (χ4v) is 6.05. The van der Waals surface area contributed by atoms with Crippen LogP contribution in [0.4, 0.5) is 0 Å². The Morgan fingerprint density at radius 2 is 1.97 bits per heavy atom. The average Bonchev–Trinajstić information content (AvgIpc) is 2.72. The van der Waals surface area contributed by atoms with E-state index in [1.54, 1.807) is 18.7 Å². The third-order valence-corrected chi connectivity index (χ3v) is 7.67. The number of halogens is 1. The van der Waals surface area contributed by atoms with E-state index in [1.165, 1.54) is 30.5 Å². The molecule has 3 atom stereocenters. The first-order valence-corrected chi connectivity index (χ1v) is 12.8. The Morgan fingerprint density at radius 3 is 2.58 bits per heavy atom. The maximum atomic E-state index is 11.4. The minimum atomic E-state index is -4.78. The quantitative estimate of drug-likeness (QED) is 0.295. The van der Waals surface area contributed by atoms with Gasteiger partial charge < -0.3 is 9.26 Å². The second-order valence-corrected chi connectivity index (χ2v) is 10.3. The second-order valence-electron chi connectivity index (χ2n) is 8.74. The van der Waals surface area contributed by atoms with Gasteiger partial charge in [0.25, 0.3) is 5.79 Å². The van der Waals surface area contributed by atoms with Gasteiger partial charge in [-0.3, -0.25) is 9.79 Å². The zero-order valence-electron chi connectivity index (χ0n) is 17.9. The number of benzene rings is 1. The highest BCUT2D eigenvalue weighted by atomic mass is 35.5. The molecule has 1 aliphatic heterocycles. The van der Waals surface area contributed by atoms with E-state index in [4.69, 9.17) is 30.6 Å². The highest BCUT2D eigenvalue weighted by Crippen LogP contribution is 2.62. The Labute approximate surface area is 187 Å². The van der Waals surface area contributed by atoms with Crippen molar-refractivity contribution in [3.63, 3.8) is 0 Å². The zero-order valence-corrected chi connectivity index (χ0v) is 19.6. The molecule has 0 bridgehead atoms. The topological polar surface area (TPSA) is 94.5 Å². The maximum Gasteiger partial charge on any atom is 0.524 e. The molecule has 1 heterocycles. The van der Waals surface area contributed by atoms with E-state index < -0.39 is 19.2 Å². The maximum absolute atomic E-state index is 11.4. The lowest BCUT2D eigenvalue weighted by atomic mass is 9.62. The summed E-state index contributed by atoms with van der Waals surface area (Å²) in [6, 6.07) is 4.76. The molecule has 0 aromatic heterocycles. The molecule has 4 rings (SSSR count). The summed E-state index contributed by atoms with van der Waals surface area (Å²) in [5.74, 6) is -1.12. The smallest absolute Gasteiger partial charge is 0.403 e. The summed E-state index contributed by atoms with van der Waals surface area (Å²) in [5, 5.41) is 0.0936. The number of unbranched alkanes of at least 4 members (excludes halogenated alkanes) is 1. The monoisotopic (exact) mass is 472 g/mol. The van der Waals surface area contributed by atoms with Gasteiger partial charge in [0, 0.05) is 25.0 Å². The van der Waals surface area contributed by atoms with Crippen molar-refractivity contribution in [2.45, 2.75) is 76.1 Å². The molecule has 3 unspecified atom stereocenters. The van der Waals surface area contributed by atoms with Crippen molar-refractivity contribution >= 4 is 19.4 Å². The highest BCUT2D eigenvalue weighted by Gasteiger charge is 2.70. The number of methoxy groups -OCH3 is 1. The summed E-state index contributed by atoms with van der Waals surface area (Å²) in [7, 11) is -3.20. The first-order chi connectivity index (χ1) is 14.7. The fourth-order valence-electron chi connectivity index (χ4n) is 5.43. The molecule has 1 aromatic rings. The molecule has 172 valence electrons. The lowest BCUT2D eigenvalue weighted by Crippen LogP contribution is -2.70. The molecule has 0 amide bonds. The minimum Gasteiger partial charge on any atom is -0.403 e. The summed E-state index contributed by atoms with van der Waals surface area (Å²) in [5.41, 5.74) is 2.85. The molecule has 3 aliphatic rings. The first-order valence-electron chi connectivity index (χ1n) is 10.9. The van der Waals surface area contributed by atoms with E-state index in [0.29, 0.717) is 5.56 Å². The summed E-state index contributed by atoms with van der Waals surface area (Å²) >= 11 is 6.13. The van der Waals surface area contributed by atoms with E-state index in [9.17, 15) is 14.4 Å². The van der Waals surface area contributed by atoms with Gasteiger partial charge in [0.2, 0.25) is 0 Å². The molecule has 1 spiro atoms. The van der Waals surface area contributed by atoms with Crippen molar-refractivity contribution in [2.75, 3.05) is 7.11 Å². The van der Waals surface area contributed by atoms with Gasteiger partial charge in [-0.1, -0.05) is 48.6 Å². The van der Waals surface area contributed by atoms with Crippen molar-refractivity contribution in [2.24, 2.45) is 5.92 Å². The minimum absolute atomic E-state index is 0.0936. The SMILES string of the molecule is CCCCC1CC2=C(CCCC2)CC12OOC2(OC)c1ccc(Cl)c(OP(=O)(O)O)c1. The van der Waals surface area contributed by atoms with Crippen LogP contribution in [0, 0.1) is 5.92 Å². The molecule has 2 aliphatic carbocycles. The Morgan fingerprint density at radius 1 is 1.23 bits per heavy atom. The van der Waals surface area contributed by atoms with Crippen LogP contribution in [0.3, 0.4) is 0 Å². The van der Waals surface area contributed by atoms with Gasteiger partial charge in [0.15, 0.2) is 11.4 Å².